The van der Waals surface area contributed by atoms with Crippen molar-refractivity contribution in [3.05, 3.63) is 0 Å². The van der Waals surface area contributed by atoms with Gasteiger partial charge in [-0.2, -0.15) is 0 Å². The smallest absolute Gasteiger partial charge is 0.0637 e. The first-order valence-electron chi connectivity index (χ1n) is 7.17. The van der Waals surface area contributed by atoms with Gasteiger partial charge in [0.1, 0.15) is 0 Å². The quantitative estimate of drug-likeness (QED) is 0.812. The number of rotatable bonds is 4. The van der Waals surface area contributed by atoms with E-state index in [-0.39, 0.29) is 0 Å². The Morgan fingerprint density at radius 3 is 2.88 bits per heavy atom. The van der Waals surface area contributed by atoms with Gasteiger partial charge in [0.15, 0.2) is 0 Å². The number of hydrogen-bond donors (Lipinski definition) is 1. The SMILES string of the molecule is CCCNC1CCOCC1N1CCC(C)(C)C1. The highest BCUT2D eigenvalue weighted by atomic mass is 16.5. The molecule has 100 valence electrons. The molecule has 0 spiro atoms. The largest absolute Gasteiger partial charge is 0.380 e. The highest BCUT2D eigenvalue weighted by Gasteiger charge is 2.37. The first kappa shape index (κ1) is 13.3. The Morgan fingerprint density at radius 2 is 2.24 bits per heavy atom. The minimum absolute atomic E-state index is 0.493. The molecule has 0 aliphatic carbocycles. The van der Waals surface area contributed by atoms with Crippen LogP contribution < -0.4 is 5.32 Å². The molecule has 2 aliphatic rings. The Balaban J connectivity index is 1.92. The summed E-state index contributed by atoms with van der Waals surface area (Å²) in [7, 11) is 0. The first-order valence-corrected chi connectivity index (χ1v) is 7.17. The molecule has 0 aromatic carbocycles. The van der Waals surface area contributed by atoms with E-state index in [0.717, 1.165) is 19.8 Å². The van der Waals surface area contributed by atoms with Crippen molar-refractivity contribution in [2.24, 2.45) is 5.41 Å². The number of nitrogens with one attached hydrogen (secondary N) is 1. The summed E-state index contributed by atoms with van der Waals surface area (Å²) in [6, 6.07) is 1.23. The normalized spacial score (nSPS) is 34.1. The summed E-state index contributed by atoms with van der Waals surface area (Å²) in [5.41, 5.74) is 0.493. The Hall–Kier alpha value is -0.120. The van der Waals surface area contributed by atoms with Crippen LogP contribution in [0, 0.1) is 5.41 Å². The molecule has 2 heterocycles. The average Bonchev–Trinajstić information content (AvgIpc) is 2.67. The van der Waals surface area contributed by atoms with E-state index < -0.39 is 0 Å². The van der Waals surface area contributed by atoms with Crippen molar-refractivity contribution < 1.29 is 4.74 Å². The van der Waals surface area contributed by atoms with Gasteiger partial charge in [0.25, 0.3) is 0 Å². The summed E-state index contributed by atoms with van der Waals surface area (Å²) in [6.07, 6.45) is 3.71. The van der Waals surface area contributed by atoms with Gasteiger partial charge in [-0.25, -0.2) is 0 Å². The van der Waals surface area contributed by atoms with Crippen LogP contribution in [0.5, 0.6) is 0 Å². The van der Waals surface area contributed by atoms with Crippen LogP contribution in [0.1, 0.15) is 40.0 Å². The lowest BCUT2D eigenvalue weighted by Gasteiger charge is -2.38. The van der Waals surface area contributed by atoms with E-state index in [4.69, 9.17) is 4.74 Å². The second-order valence-electron chi connectivity index (χ2n) is 6.38. The minimum atomic E-state index is 0.493. The highest BCUT2D eigenvalue weighted by Crippen LogP contribution is 2.31. The fourth-order valence-electron chi connectivity index (χ4n) is 3.09. The molecular formula is C14H28N2O. The third-order valence-corrected chi connectivity index (χ3v) is 4.16. The predicted octanol–water partition coefficient (Wildman–Crippen LogP) is 1.88. The third kappa shape index (κ3) is 3.43. The second kappa shape index (κ2) is 5.68. The molecule has 3 nitrogen and oxygen atoms in total. The Labute approximate surface area is 106 Å². The van der Waals surface area contributed by atoms with Gasteiger partial charge in [0.05, 0.1) is 6.61 Å². The van der Waals surface area contributed by atoms with Gasteiger partial charge >= 0.3 is 0 Å². The summed E-state index contributed by atoms with van der Waals surface area (Å²) >= 11 is 0. The maximum Gasteiger partial charge on any atom is 0.0637 e. The molecule has 0 radical (unpaired) electrons. The van der Waals surface area contributed by atoms with Crippen LogP contribution >= 0.6 is 0 Å². The van der Waals surface area contributed by atoms with E-state index in [1.54, 1.807) is 0 Å². The maximum absolute atomic E-state index is 5.69. The molecule has 0 aromatic heterocycles. The molecule has 0 saturated carbocycles. The van der Waals surface area contributed by atoms with Gasteiger partial charge in [-0.15, -0.1) is 0 Å². The molecule has 0 amide bonds. The van der Waals surface area contributed by atoms with Crippen LogP contribution in [-0.2, 0) is 4.74 Å². The molecule has 2 aliphatic heterocycles. The topological polar surface area (TPSA) is 24.5 Å². The summed E-state index contributed by atoms with van der Waals surface area (Å²) in [4.78, 5) is 2.65. The van der Waals surface area contributed by atoms with Crippen LogP contribution in [0.15, 0.2) is 0 Å². The third-order valence-electron chi connectivity index (χ3n) is 4.16. The summed E-state index contributed by atoms with van der Waals surface area (Å²) in [6.45, 7) is 12.4. The van der Waals surface area contributed by atoms with E-state index in [1.807, 2.05) is 0 Å². The van der Waals surface area contributed by atoms with Gasteiger partial charge in [0.2, 0.25) is 0 Å². The van der Waals surface area contributed by atoms with Crippen LogP contribution in [0.3, 0.4) is 0 Å². The summed E-state index contributed by atoms with van der Waals surface area (Å²) < 4.78 is 5.69. The lowest BCUT2D eigenvalue weighted by Crippen LogP contribution is -2.55. The van der Waals surface area contributed by atoms with Gasteiger partial charge in [-0.05, 0) is 37.8 Å². The Bertz CT molecular complexity index is 242. The molecule has 2 saturated heterocycles. The van der Waals surface area contributed by atoms with Crippen molar-refractivity contribution >= 4 is 0 Å². The summed E-state index contributed by atoms with van der Waals surface area (Å²) in [5, 5.41) is 3.70. The standard InChI is InChI=1S/C14H28N2O/c1-4-7-15-12-5-9-17-10-13(12)16-8-6-14(2,3)11-16/h12-13,15H,4-11H2,1-3H3. The van der Waals surface area contributed by atoms with Crippen LogP contribution in [0.4, 0.5) is 0 Å². The van der Waals surface area contributed by atoms with Crippen LogP contribution in [-0.4, -0.2) is 49.8 Å². The lowest BCUT2D eigenvalue weighted by molar-refractivity contribution is 0.00236. The molecule has 17 heavy (non-hydrogen) atoms. The van der Waals surface area contributed by atoms with Crippen molar-refractivity contribution in [3.8, 4) is 0 Å². The maximum atomic E-state index is 5.69. The minimum Gasteiger partial charge on any atom is -0.380 e. The molecular weight excluding hydrogens is 212 g/mol. The van der Waals surface area contributed by atoms with Crippen LogP contribution in [0.2, 0.25) is 0 Å². The lowest BCUT2D eigenvalue weighted by atomic mass is 9.93. The van der Waals surface area contributed by atoms with E-state index >= 15 is 0 Å². The zero-order valence-corrected chi connectivity index (χ0v) is 11.7. The highest BCUT2D eigenvalue weighted by molar-refractivity contribution is 4.93. The Kier molecular flexibility index (Phi) is 4.45. The average molecular weight is 240 g/mol. The fraction of sp³-hybridized carbons (Fsp3) is 1.00. The van der Waals surface area contributed by atoms with Crippen molar-refractivity contribution in [2.75, 3.05) is 32.8 Å². The molecule has 2 atom stereocenters. The van der Waals surface area contributed by atoms with Gasteiger partial charge in [0, 0.05) is 25.2 Å². The van der Waals surface area contributed by atoms with Crippen molar-refractivity contribution in [3.63, 3.8) is 0 Å². The van der Waals surface area contributed by atoms with Crippen molar-refractivity contribution in [2.45, 2.75) is 52.1 Å². The zero-order chi connectivity index (χ0) is 12.3. The van der Waals surface area contributed by atoms with Crippen molar-refractivity contribution in [1.82, 2.24) is 10.2 Å². The number of hydrogen-bond acceptors (Lipinski definition) is 3. The van der Waals surface area contributed by atoms with E-state index in [1.165, 1.54) is 32.4 Å². The van der Waals surface area contributed by atoms with Crippen LogP contribution in [0.25, 0.3) is 0 Å². The molecule has 1 N–H and O–H groups in total. The van der Waals surface area contributed by atoms with Gasteiger partial charge in [-0.1, -0.05) is 20.8 Å². The monoisotopic (exact) mass is 240 g/mol. The molecule has 2 rings (SSSR count). The number of likely N-dealkylation sites (tertiary alicyclic amines) is 1. The van der Waals surface area contributed by atoms with E-state index in [9.17, 15) is 0 Å². The molecule has 2 fully saturated rings. The molecule has 0 aromatic rings. The Morgan fingerprint density at radius 1 is 1.41 bits per heavy atom. The molecule has 0 bridgehead atoms. The first-order chi connectivity index (χ1) is 8.12. The molecule has 3 heteroatoms. The number of ether oxygens (including phenoxy) is 1. The van der Waals surface area contributed by atoms with E-state index in [0.29, 0.717) is 17.5 Å². The molecule has 2 unspecified atom stereocenters. The zero-order valence-electron chi connectivity index (χ0n) is 11.7. The predicted molar refractivity (Wildman–Crippen MR) is 71.3 cm³/mol. The number of nitrogens with zero attached hydrogens (tertiary/aromatic N) is 1. The fourth-order valence-corrected chi connectivity index (χ4v) is 3.09. The summed E-state index contributed by atoms with van der Waals surface area (Å²) in [5.74, 6) is 0. The second-order valence-corrected chi connectivity index (χ2v) is 6.38. The van der Waals surface area contributed by atoms with Crippen molar-refractivity contribution in [1.29, 1.82) is 0 Å². The van der Waals surface area contributed by atoms with Gasteiger partial charge in [-0.3, -0.25) is 4.90 Å². The van der Waals surface area contributed by atoms with Gasteiger partial charge < -0.3 is 10.1 Å². The van der Waals surface area contributed by atoms with E-state index in [2.05, 4.69) is 31.0 Å².